The lowest BCUT2D eigenvalue weighted by molar-refractivity contribution is 0.0218. The highest BCUT2D eigenvalue weighted by molar-refractivity contribution is 5.92. The first-order valence-electron chi connectivity index (χ1n) is 13.8. The van der Waals surface area contributed by atoms with Gasteiger partial charge < -0.3 is 24.6 Å². The van der Waals surface area contributed by atoms with Gasteiger partial charge in [-0.3, -0.25) is 0 Å². The van der Waals surface area contributed by atoms with E-state index in [2.05, 4.69) is 42.2 Å². The third-order valence-corrected chi connectivity index (χ3v) is 7.00. The summed E-state index contributed by atoms with van der Waals surface area (Å²) in [5.74, 6) is 2.90. The lowest BCUT2D eigenvalue weighted by atomic mass is 10.1. The van der Waals surface area contributed by atoms with Gasteiger partial charge in [0.15, 0.2) is 5.65 Å². The zero-order valence-electron chi connectivity index (χ0n) is 24.3. The summed E-state index contributed by atoms with van der Waals surface area (Å²) in [5, 5.41) is 8.41. The summed E-state index contributed by atoms with van der Waals surface area (Å²) >= 11 is 0. The molecule has 42 heavy (non-hydrogen) atoms. The van der Waals surface area contributed by atoms with Crippen LogP contribution >= 0.6 is 0 Å². The highest BCUT2D eigenvalue weighted by atomic mass is 16.6. The SMILES string of the molecule is Cc1cc(Nc2ncnc3cnc(N4CCN(C(=O)OC(C)(C)C)C[C@@H]4C)cc23)ccc1Oc1ccn2ncnc2c1. The number of aryl methyl sites for hydroxylation is 1. The molecule has 0 aliphatic carbocycles. The second-order valence-corrected chi connectivity index (χ2v) is 11.4. The molecule has 0 spiro atoms. The molecule has 1 amide bonds. The van der Waals surface area contributed by atoms with E-state index < -0.39 is 5.60 Å². The zero-order valence-corrected chi connectivity index (χ0v) is 24.3. The third-order valence-electron chi connectivity index (χ3n) is 7.00. The van der Waals surface area contributed by atoms with Crippen LogP contribution in [0.5, 0.6) is 11.5 Å². The number of carbonyl (C=O) groups is 1. The number of benzene rings is 1. The van der Waals surface area contributed by atoms with Crippen molar-refractivity contribution in [1.29, 1.82) is 0 Å². The smallest absolute Gasteiger partial charge is 0.410 e. The number of amides is 1. The van der Waals surface area contributed by atoms with Gasteiger partial charge in [0.25, 0.3) is 0 Å². The average Bonchev–Trinajstić information content (AvgIpc) is 3.42. The molecule has 216 valence electrons. The molecule has 1 atom stereocenters. The van der Waals surface area contributed by atoms with Crippen LogP contribution in [0, 0.1) is 6.92 Å². The van der Waals surface area contributed by atoms with E-state index in [4.69, 9.17) is 9.47 Å². The van der Waals surface area contributed by atoms with Crippen molar-refractivity contribution in [2.24, 2.45) is 0 Å². The summed E-state index contributed by atoms with van der Waals surface area (Å²) in [7, 11) is 0. The molecule has 1 aliphatic heterocycles. The van der Waals surface area contributed by atoms with E-state index >= 15 is 0 Å². The van der Waals surface area contributed by atoms with Crippen LogP contribution in [0.1, 0.15) is 33.3 Å². The minimum atomic E-state index is -0.528. The molecule has 0 bridgehead atoms. The van der Waals surface area contributed by atoms with Crippen molar-refractivity contribution in [3.63, 3.8) is 0 Å². The van der Waals surface area contributed by atoms with E-state index in [-0.39, 0.29) is 12.1 Å². The maximum Gasteiger partial charge on any atom is 0.410 e. The normalized spacial score (nSPS) is 15.7. The minimum Gasteiger partial charge on any atom is -0.457 e. The Morgan fingerprint density at radius 3 is 2.67 bits per heavy atom. The van der Waals surface area contributed by atoms with E-state index in [1.165, 1.54) is 12.7 Å². The van der Waals surface area contributed by atoms with Gasteiger partial charge in [0.1, 0.15) is 41.4 Å². The van der Waals surface area contributed by atoms with E-state index in [1.807, 2.05) is 70.3 Å². The number of nitrogens with zero attached hydrogens (tertiary/aromatic N) is 8. The fourth-order valence-corrected chi connectivity index (χ4v) is 4.96. The van der Waals surface area contributed by atoms with Gasteiger partial charge >= 0.3 is 6.09 Å². The lowest BCUT2D eigenvalue weighted by Crippen LogP contribution is -2.54. The summed E-state index contributed by atoms with van der Waals surface area (Å²) in [6, 6.07) is 11.6. The molecule has 0 saturated carbocycles. The molecular formula is C30H33N9O3. The largest absolute Gasteiger partial charge is 0.457 e. The molecular weight excluding hydrogens is 534 g/mol. The van der Waals surface area contributed by atoms with Gasteiger partial charge in [-0.15, -0.1) is 0 Å². The summed E-state index contributed by atoms with van der Waals surface area (Å²) in [6.07, 6.45) is 6.32. The Balaban J connectivity index is 1.19. The van der Waals surface area contributed by atoms with E-state index in [9.17, 15) is 4.79 Å². The second-order valence-electron chi connectivity index (χ2n) is 11.4. The summed E-state index contributed by atoms with van der Waals surface area (Å²) in [6.45, 7) is 11.4. The molecule has 4 aromatic heterocycles. The Morgan fingerprint density at radius 1 is 1.02 bits per heavy atom. The number of aromatic nitrogens is 6. The van der Waals surface area contributed by atoms with Gasteiger partial charge in [-0.25, -0.2) is 29.2 Å². The van der Waals surface area contributed by atoms with Crippen molar-refractivity contribution < 1.29 is 14.3 Å². The molecule has 5 aromatic rings. The predicted molar refractivity (Wildman–Crippen MR) is 159 cm³/mol. The van der Waals surface area contributed by atoms with Gasteiger partial charge in [0, 0.05) is 49.0 Å². The minimum absolute atomic E-state index is 0.0536. The fraction of sp³-hybridized carbons (Fsp3) is 0.333. The predicted octanol–water partition coefficient (Wildman–Crippen LogP) is 5.36. The fourth-order valence-electron chi connectivity index (χ4n) is 4.96. The van der Waals surface area contributed by atoms with Crippen LogP contribution in [0.25, 0.3) is 16.6 Å². The van der Waals surface area contributed by atoms with Gasteiger partial charge in [-0.05, 0) is 70.5 Å². The quantitative estimate of drug-likeness (QED) is 0.297. The number of piperazine rings is 1. The van der Waals surface area contributed by atoms with Crippen LogP contribution < -0.4 is 15.0 Å². The van der Waals surface area contributed by atoms with Gasteiger partial charge in [0.05, 0.1) is 11.7 Å². The molecule has 1 aromatic carbocycles. The first-order chi connectivity index (χ1) is 20.1. The van der Waals surface area contributed by atoms with Crippen molar-refractivity contribution in [3.05, 3.63) is 67.0 Å². The summed E-state index contributed by atoms with van der Waals surface area (Å²) < 4.78 is 13.4. The van der Waals surface area contributed by atoms with Gasteiger partial charge in [0.2, 0.25) is 0 Å². The molecule has 1 saturated heterocycles. The lowest BCUT2D eigenvalue weighted by Gasteiger charge is -2.40. The van der Waals surface area contributed by atoms with Crippen LogP contribution in [0.15, 0.2) is 61.4 Å². The molecule has 1 aliphatic rings. The second kappa shape index (κ2) is 10.8. The van der Waals surface area contributed by atoms with Crippen LogP contribution in [-0.2, 0) is 4.74 Å². The molecule has 1 N–H and O–H groups in total. The number of fused-ring (bicyclic) bond motifs is 2. The standard InChI is InChI=1S/C30H33N9O3/c1-19-12-21(6-7-25(19)41-22-8-9-39-27(13-22)33-18-35-39)36-28-23-14-26(31-15-24(23)32-17-34-28)38-11-10-37(16-20(38)2)29(40)42-30(3,4)5/h6-9,12-15,17-18,20H,10-11,16H2,1-5H3,(H,32,34,36)/t20-/m0/s1. The van der Waals surface area contributed by atoms with Crippen molar-refractivity contribution in [1.82, 2.24) is 34.4 Å². The number of carbonyl (C=O) groups excluding carboxylic acids is 1. The van der Waals surface area contributed by atoms with Crippen LogP contribution in [0.2, 0.25) is 0 Å². The molecule has 1 fully saturated rings. The number of rotatable bonds is 5. The Labute approximate surface area is 243 Å². The molecule has 6 rings (SSSR count). The number of hydrogen-bond donors (Lipinski definition) is 1. The maximum atomic E-state index is 12.6. The molecule has 0 unspecified atom stereocenters. The highest BCUT2D eigenvalue weighted by Gasteiger charge is 2.30. The Morgan fingerprint density at radius 2 is 1.88 bits per heavy atom. The van der Waals surface area contributed by atoms with Crippen molar-refractivity contribution in [2.45, 2.75) is 46.3 Å². The zero-order chi connectivity index (χ0) is 29.4. The molecule has 12 heteroatoms. The highest BCUT2D eigenvalue weighted by Crippen LogP contribution is 2.31. The third kappa shape index (κ3) is 5.73. The van der Waals surface area contributed by atoms with Crippen LogP contribution in [0.4, 0.5) is 22.1 Å². The number of hydrogen-bond acceptors (Lipinski definition) is 10. The van der Waals surface area contributed by atoms with E-state index in [1.54, 1.807) is 15.6 Å². The molecule has 5 heterocycles. The Bertz CT molecular complexity index is 1760. The van der Waals surface area contributed by atoms with Crippen LogP contribution in [0.3, 0.4) is 0 Å². The van der Waals surface area contributed by atoms with Crippen molar-refractivity contribution in [2.75, 3.05) is 29.9 Å². The first-order valence-corrected chi connectivity index (χ1v) is 13.8. The Kier molecular flexibility index (Phi) is 6.97. The number of anilines is 3. The molecule has 12 nitrogen and oxygen atoms in total. The first kappa shape index (κ1) is 27.2. The van der Waals surface area contributed by atoms with E-state index in [0.717, 1.165) is 33.7 Å². The van der Waals surface area contributed by atoms with Crippen LogP contribution in [-0.4, -0.2) is 71.8 Å². The Hall–Kier alpha value is -5.00. The monoisotopic (exact) mass is 567 g/mol. The van der Waals surface area contributed by atoms with Gasteiger partial charge in [-0.1, -0.05) is 0 Å². The summed E-state index contributed by atoms with van der Waals surface area (Å²) in [4.78, 5) is 34.4. The molecule has 0 radical (unpaired) electrons. The number of nitrogens with one attached hydrogen (secondary N) is 1. The van der Waals surface area contributed by atoms with E-state index in [0.29, 0.717) is 36.8 Å². The van der Waals surface area contributed by atoms with Gasteiger partial charge in [-0.2, -0.15) is 5.10 Å². The topological polar surface area (TPSA) is 123 Å². The van der Waals surface area contributed by atoms with Crippen molar-refractivity contribution >= 4 is 40.0 Å². The maximum absolute atomic E-state index is 12.6. The number of pyridine rings is 2. The average molecular weight is 568 g/mol. The number of ether oxygens (including phenoxy) is 2. The summed E-state index contributed by atoms with van der Waals surface area (Å²) in [5.41, 5.74) is 2.74. The van der Waals surface area contributed by atoms with Crippen molar-refractivity contribution in [3.8, 4) is 11.5 Å².